The third kappa shape index (κ3) is 6.08. The number of rotatable bonds is 8. The smallest absolute Gasteiger partial charge is 0.240 e. The lowest BCUT2D eigenvalue weighted by Gasteiger charge is -2.12. The average Bonchev–Trinajstić information content (AvgIpc) is 3.09. The molecule has 0 saturated carbocycles. The molecule has 0 aliphatic heterocycles. The second-order valence-electron chi connectivity index (χ2n) is 5.64. The zero-order valence-electron chi connectivity index (χ0n) is 15.2. The number of hydrogen-bond donors (Lipinski definition) is 3. The minimum Gasteiger partial charge on any atom is -0.355 e. The van der Waals surface area contributed by atoms with Crippen LogP contribution in [-0.2, 0) is 23.0 Å². The molecule has 1 heterocycles. The number of sulfonamides is 1. The maximum Gasteiger partial charge on any atom is 0.240 e. The molecule has 7 nitrogen and oxygen atoms in total. The van der Waals surface area contributed by atoms with Gasteiger partial charge in [0.25, 0.3) is 0 Å². The molecule has 26 heavy (non-hydrogen) atoms. The maximum atomic E-state index is 12.2. The van der Waals surface area contributed by atoms with Crippen molar-refractivity contribution in [3.63, 3.8) is 0 Å². The van der Waals surface area contributed by atoms with Crippen LogP contribution in [0, 0.1) is 6.92 Å². The van der Waals surface area contributed by atoms with Crippen LogP contribution in [-0.4, -0.2) is 39.5 Å². The van der Waals surface area contributed by atoms with Crippen LogP contribution < -0.4 is 15.4 Å². The summed E-state index contributed by atoms with van der Waals surface area (Å²) in [5.41, 5.74) is 1.02. The van der Waals surface area contributed by atoms with Crippen LogP contribution in [0.1, 0.15) is 22.4 Å². The van der Waals surface area contributed by atoms with Crippen molar-refractivity contribution in [3.8, 4) is 0 Å². The molecule has 142 valence electrons. The predicted octanol–water partition coefficient (Wildman–Crippen LogP) is 1.66. The fourth-order valence-electron chi connectivity index (χ4n) is 2.14. The van der Waals surface area contributed by atoms with Crippen LogP contribution in [0.5, 0.6) is 0 Å². The highest BCUT2D eigenvalue weighted by Crippen LogP contribution is 2.12. The lowest BCUT2D eigenvalue weighted by molar-refractivity contribution is 0.580. The van der Waals surface area contributed by atoms with Gasteiger partial charge in [0, 0.05) is 31.2 Å². The van der Waals surface area contributed by atoms with E-state index in [2.05, 4.69) is 32.3 Å². The van der Waals surface area contributed by atoms with Gasteiger partial charge in [-0.3, -0.25) is 4.99 Å². The molecule has 0 atom stereocenters. The molecule has 1 aromatic heterocycles. The Morgan fingerprint density at radius 3 is 2.54 bits per heavy atom. The summed E-state index contributed by atoms with van der Waals surface area (Å²) in [6.07, 6.45) is 2.86. The second kappa shape index (κ2) is 9.65. The molecular formula is C17H25N5O2S2. The fourth-order valence-corrected chi connectivity index (χ4v) is 3.97. The summed E-state index contributed by atoms with van der Waals surface area (Å²) in [4.78, 5) is 9.98. The normalized spacial score (nSPS) is 12.2. The van der Waals surface area contributed by atoms with Gasteiger partial charge >= 0.3 is 0 Å². The Morgan fingerprint density at radius 1 is 1.19 bits per heavy atom. The SMILES string of the molecule is CCc1cnc(CNC(=NC)NCCNS(=O)(=O)c2ccc(C)cc2)s1. The first-order valence-electron chi connectivity index (χ1n) is 8.39. The molecular weight excluding hydrogens is 370 g/mol. The van der Waals surface area contributed by atoms with E-state index < -0.39 is 10.0 Å². The van der Waals surface area contributed by atoms with Crippen LogP contribution in [0.25, 0.3) is 0 Å². The Morgan fingerprint density at radius 2 is 1.92 bits per heavy atom. The molecule has 0 bridgehead atoms. The van der Waals surface area contributed by atoms with Gasteiger partial charge in [-0.15, -0.1) is 11.3 Å². The lowest BCUT2D eigenvalue weighted by Crippen LogP contribution is -2.41. The van der Waals surface area contributed by atoms with Crippen molar-refractivity contribution in [2.24, 2.45) is 4.99 Å². The fraction of sp³-hybridized carbons (Fsp3) is 0.412. The average molecular weight is 396 g/mol. The third-order valence-electron chi connectivity index (χ3n) is 3.62. The van der Waals surface area contributed by atoms with Crippen molar-refractivity contribution in [3.05, 3.63) is 45.9 Å². The first kappa shape index (κ1) is 20.3. The van der Waals surface area contributed by atoms with E-state index in [1.807, 2.05) is 13.1 Å². The third-order valence-corrected chi connectivity index (χ3v) is 6.24. The molecule has 0 radical (unpaired) electrons. The van der Waals surface area contributed by atoms with Crippen LogP contribution in [0.3, 0.4) is 0 Å². The summed E-state index contributed by atoms with van der Waals surface area (Å²) in [7, 11) is -1.82. The van der Waals surface area contributed by atoms with Crippen LogP contribution in [0.15, 0.2) is 40.4 Å². The predicted molar refractivity (Wildman–Crippen MR) is 106 cm³/mol. The minimum absolute atomic E-state index is 0.258. The zero-order chi connectivity index (χ0) is 19.0. The number of thiazole rings is 1. The van der Waals surface area contributed by atoms with E-state index in [0.717, 1.165) is 17.0 Å². The molecule has 0 aliphatic rings. The van der Waals surface area contributed by atoms with Crippen LogP contribution in [0.2, 0.25) is 0 Å². The Bertz CT molecular complexity index is 829. The van der Waals surface area contributed by atoms with Crippen molar-refractivity contribution in [1.82, 2.24) is 20.3 Å². The number of aliphatic imine (C=N–C) groups is 1. The van der Waals surface area contributed by atoms with E-state index in [1.165, 1.54) is 4.88 Å². The van der Waals surface area contributed by atoms with Crippen LogP contribution in [0.4, 0.5) is 0 Å². The summed E-state index contributed by atoms with van der Waals surface area (Å²) < 4.78 is 27.0. The molecule has 0 spiro atoms. The summed E-state index contributed by atoms with van der Waals surface area (Å²) in [6.45, 7) is 5.28. The number of nitrogens with zero attached hydrogens (tertiary/aromatic N) is 2. The number of aromatic nitrogens is 1. The van der Waals surface area contributed by atoms with Gasteiger partial charge in [-0.25, -0.2) is 18.1 Å². The van der Waals surface area contributed by atoms with Crippen LogP contribution >= 0.6 is 11.3 Å². The molecule has 1 aromatic carbocycles. The zero-order valence-corrected chi connectivity index (χ0v) is 16.9. The molecule has 3 N–H and O–H groups in total. The first-order chi connectivity index (χ1) is 12.4. The van der Waals surface area contributed by atoms with E-state index in [0.29, 0.717) is 19.0 Å². The van der Waals surface area contributed by atoms with E-state index in [1.54, 1.807) is 42.6 Å². The molecule has 0 aliphatic carbocycles. The van der Waals surface area contributed by atoms with Gasteiger partial charge in [0.2, 0.25) is 10.0 Å². The second-order valence-corrected chi connectivity index (χ2v) is 8.60. The molecule has 0 saturated heterocycles. The standard InChI is InChI=1S/C17H25N5O2S2/c1-4-14-11-20-16(25-14)12-21-17(18-3)19-9-10-22-26(23,24)15-7-5-13(2)6-8-15/h5-8,11,22H,4,9-10,12H2,1-3H3,(H2,18,19,21). The van der Waals surface area contributed by atoms with Gasteiger partial charge in [0.05, 0.1) is 11.4 Å². The quantitative estimate of drug-likeness (QED) is 0.359. The summed E-state index contributed by atoms with van der Waals surface area (Å²) in [5.74, 6) is 0.604. The summed E-state index contributed by atoms with van der Waals surface area (Å²) in [5, 5.41) is 7.24. The van der Waals surface area contributed by atoms with Gasteiger partial charge in [0.15, 0.2) is 5.96 Å². The van der Waals surface area contributed by atoms with Gasteiger partial charge in [-0.05, 0) is 25.5 Å². The monoisotopic (exact) mass is 395 g/mol. The van der Waals surface area contributed by atoms with E-state index >= 15 is 0 Å². The molecule has 0 unspecified atom stereocenters. The highest BCUT2D eigenvalue weighted by molar-refractivity contribution is 7.89. The van der Waals surface area contributed by atoms with Crippen molar-refractivity contribution >= 4 is 27.3 Å². The first-order valence-corrected chi connectivity index (χ1v) is 10.7. The van der Waals surface area contributed by atoms with Gasteiger partial charge in [-0.2, -0.15) is 0 Å². The number of hydrogen-bond acceptors (Lipinski definition) is 5. The maximum absolute atomic E-state index is 12.2. The van der Waals surface area contributed by atoms with Crippen molar-refractivity contribution in [2.45, 2.75) is 31.7 Å². The Labute approximate surface area is 159 Å². The Balaban J connectivity index is 1.75. The minimum atomic E-state index is -3.50. The summed E-state index contributed by atoms with van der Waals surface area (Å²) in [6, 6.07) is 6.76. The number of nitrogens with one attached hydrogen (secondary N) is 3. The van der Waals surface area contributed by atoms with E-state index in [9.17, 15) is 8.42 Å². The van der Waals surface area contributed by atoms with Crippen molar-refractivity contribution in [2.75, 3.05) is 20.1 Å². The Hall–Kier alpha value is -1.97. The highest BCUT2D eigenvalue weighted by Gasteiger charge is 2.12. The number of guanidine groups is 1. The van der Waals surface area contributed by atoms with Gasteiger partial charge < -0.3 is 10.6 Å². The van der Waals surface area contributed by atoms with Gasteiger partial charge in [-0.1, -0.05) is 24.6 Å². The molecule has 2 rings (SSSR count). The van der Waals surface area contributed by atoms with Gasteiger partial charge in [0.1, 0.15) is 5.01 Å². The van der Waals surface area contributed by atoms with E-state index in [-0.39, 0.29) is 11.4 Å². The number of aryl methyl sites for hydroxylation is 2. The van der Waals surface area contributed by atoms with E-state index in [4.69, 9.17) is 0 Å². The summed E-state index contributed by atoms with van der Waals surface area (Å²) >= 11 is 1.67. The molecule has 9 heteroatoms. The Kier molecular flexibility index (Phi) is 7.55. The lowest BCUT2D eigenvalue weighted by atomic mass is 10.2. The molecule has 0 amide bonds. The van der Waals surface area contributed by atoms with Crippen molar-refractivity contribution in [1.29, 1.82) is 0 Å². The molecule has 2 aromatic rings. The molecule has 0 fully saturated rings. The number of benzene rings is 1. The largest absolute Gasteiger partial charge is 0.355 e. The highest BCUT2D eigenvalue weighted by atomic mass is 32.2. The topological polar surface area (TPSA) is 95.5 Å². The van der Waals surface area contributed by atoms with Crippen molar-refractivity contribution < 1.29 is 8.42 Å².